The highest BCUT2D eigenvalue weighted by Crippen LogP contribution is 2.38. The highest BCUT2D eigenvalue weighted by molar-refractivity contribution is 9.10. The average molecular weight is 318 g/mol. The van der Waals surface area contributed by atoms with Crippen molar-refractivity contribution in [3.63, 3.8) is 0 Å². The number of fused-ring (bicyclic) bond motifs is 1. The molecule has 0 radical (unpaired) electrons. The van der Waals surface area contributed by atoms with Gasteiger partial charge in [-0.15, -0.1) is 0 Å². The van der Waals surface area contributed by atoms with Crippen LogP contribution in [0, 0.1) is 0 Å². The first kappa shape index (κ1) is 12.7. The summed E-state index contributed by atoms with van der Waals surface area (Å²) in [5.74, 6) is 0.920. The fourth-order valence-corrected chi connectivity index (χ4v) is 3.07. The van der Waals surface area contributed by atoms with Gasteiger partial charge in [-0.1, -0.05) is 52.3 Å². The highest BCUT2D eigenvalue weighted by Gasteiger charge is 2.34. The second kappa shape index (κ2) is 4.99. The minimum atomic E-state index is -0.348. The van der Waals surface area contributed by atoms with Gasteiger partial charge < -0.3 is 10.5 Å². The number of rotatable bonds is 2. The summed E-state index contributed by atoms with van der Waals surface area (Å²) in [7, 11) is 0. The number of halogens is 1. The zero-order valence-corrected chi connectivity index (χ0v) is 12.2. The van der Waals surface area contributed by atoms with Crippen LogP contribution < -0.4 is 10.5 Å². The van der Waals surface area contributed by atoms with Gasteiger partial charge in [-0.05, 0) is 24.1 Å². The van der Waals surface area contributed by atoms with E-state index in [1.807, 2.05) is 24.3 Å². The van der Waals surface area contributed by atoms with Crippen LogP contribution in [-0.2, 0) is 12.0 Å². The smallest absolute Gasteiger partial charge is 0.124 e. The molecule has 0 amide bonds. The Morgan fingerprint density at radius 3 is 2.68 bits per heavy atom. The lowest BCUT2D eigenvalue weighted by Gasteiger charge is -2.36. The van der Waals surface area contributed by atoms with Crippen LogP contribution >= 0.6 is 15.9 Å². The fourth-order valence-electron chi connectivity index (χ4n) is 2.65. The van der Waals surface area contributed by atoms with Gasteiger partial charge in [0.15, 0.2) is 0 Å². The Morgan fingerprint density at radius 2 is 1.84 bits per heavy atom. The Labute approximate surface area is 121 Å². The molecule has 2 aromatic rings. The minimum absolute atomic E-state index is 0.348. The largest absolute Gasteiger partial charge is 0.493 e. The van der Waals surface area contributed by atoms with Crippen molar-refractivity contribution in [3.8, 4) is 5.75 Å². The summed E-state index contributed by atoms with van der Waals surface area (Å²) >= 11 is 3.60. The molecular weight excluding hydrogens is 302 g/mol. The first-order valence-electron chi connectivity index (χ1n) is 6.44. The Balaban J connectivity index is 1.99. The number of ether oxygens (including phenoxy) is 1. The Morgan fingerprint density at radius 1 is 1.11 bits per heavy atom. The van der Waals surface area contributed by atoms with Crippen LogP contribution in [0.4, 0.5) is 0 Å². The topological polar surface area (TPSA) is 35.2 Å². The number of nitrogens with two attached hydrogens (primary N) is 1. The molecule has 0 aromatic heterocycles. The normalized spacial score (nSPS) is 21.6. The standard InChI is InChI=1S/C16H16BrNO/c17-14-7-3-1-5-12(14)11-16(18)9-10-19-15-8-4-2-6-13(15)16/h1-8H,9-11,18H2. The van der Waals surface area contributed by atoms with E-state index in [1.165, 1.54) is 5.56 Å². The van der Waals surface area contributed by atoms with Crippen LogP contribution in [0.5, 0.6) is 5.75 Å². The van der Waals surface area contributed by atoms with Crippen molar-refractivity contribution in [2.45, 2.75) is 18.4 Å². The molecule has 3 rings (SSSR count). The van der Waals surface area contributed by atoms with E-state index in [0.717, 1.165) is 28.6 Å². The quantitative estimate of drug-likeness (QED) is 0.918. The summed E-state index contributed by atoms with van der Waals surface area (Å²) in [5.41, 5.74) is 8.67. The summed E-state index contributed by atoms with van der Waals surface area (Å²) in [5, 5.41) is 0. The van der Waals surface area contributed by atoms with Crippen molar-refractivity contribution >= 4 is 15.9 Å². The van der Waals surface area contributed by atoms with Gasteiger partial charge in [0, 0.05) is 16.5 Å². The predicted molar refractivity (Wildman–Crippen MR) is 80.3 cm³/mol. The maximum absolute atomic E-state index is 6.67. The molecule has 2 N–H and O–H groups in total. The average Bonchev–Trinajstić information content (AvgIpc) is 2.42. The Bertz CT molecular complexity index is 599. The SMILES string of the molecule is NC1(Cc2ccccc2Br)CCOc2ccccc21. The molecule has 0 saturated heterocycles. The molecule has 0 saturated carbocycles. The molecule has 0 aliphatic carbocycles. The van der Waals surface area contributed by atoms with Gasteiger partial charge >= 0.3 is 0 Å². The van der Waals surface area contributed by atoms with Crippen LogP contribution in [0.25, 0.3) is 0 Å². The molecule has 0 spiro atoms. The number of benzene rings is 2. The molecule has 1 aliphatic heterocycles. The van der Waals surface area contributed by atoms with Gasteiger partial charge in [-0.25, -0.2) is 0 Å². The van der Waals surface area contributed by atoms with Crippen molar-refractivity contribution in [2.24, 2.45) is 5.73 Å². The molecule has 1 atom stereocenters. The van der Waals surface area contributed by atoms with E-state index < -0.39 is 0 Å². The fraction of sp³-hybridized carbons (Fsp3) is 0.250. The first-order valence-corrected chi connectivity index (χ1v) is 7.23. The van der Waals surface area contributed by atoms with Crippen molar-refractivity contribution in [1.29, 1.82) is 0 Å². The second-order valence-electron chi connectivity index (χ2n) is 5.02. The maximum atomic E-state index is 6.67. The number of hydrogen-bond acceptors (Lipinski definition) is 2. The van der Waals surface area contributed by atoms with E-state index in [-0.39, 0.29) is 5.54 Å². The molecular formula is C16H16BrNO. The van der Waals surface area contributed by atoms with Crippen molar-refractivity contribution < 1.29 is 4.74 Å². The van der Waals surface area contributed by atoms with Crippen LogP contribution in [0.3, 0.4) is 0 Å². The maximum Gasteiger partial charge on any atom is 0.124 e. The molecule has 1 unspecified atom stereocenters. The van der Waals surface area contributed by atoms with Gasteiger partial charge in [0.1, 0.15) is 5.75 Å². The molecule has 2 aromatic carbocycles. The number of hydrogen-bond donors (Lipinski definition) is 1. The van der Waals surface area contributed by atoms with E-state index in [1.54, 1.807) is 0 Å². The van der Waals surface area contributed by atoms with E-state index in [0.29, 0.717) is 6.61 Å². The van der Waals surface area contributed by atoms with E-state index in [2.05, 4.69) is 40.2 Å². The van der Waals surface area contributed by atoms with Gasteiger partial charge in [0.05, 0.1) is 12.1 Å². The van der Waals surface area contributed by atoms with Crippen LogP contribution in [0.1, 0.15) is 17.5 Å². The third-order valence-corrected chi connectivity index (χ3v) is 4.47. The third kappa shape index (κ3) is 2.40. The molecule has 0 bridgehead atoms. The zero-order valence-electron chi connectivity index (χ0n) is 10.6. The molecule has 1 heterocycles. The lowest BCUT2D eigenvalue weighted by molar-refractivity contribution is 0.215. The molecule has 98 valence electrons. The predicted octanol–water partition coefficient (Wildman–Crippen LogP) is 3.63. The van der Waals surface area contributed by atoms with Crippen LogP contribution in [-0.4, -0.2) is 6.61 Å². The summed E-state index contributed by atoms with van der Waals surface area (Å²) in [6.07, 6.45) is 1.65. The molecule has 2 nitrogen and oxygen atoms in total. The highest BCUT2D eigenvalue weighted by atomic mass is 79.9. The first-order chi connectivity index (χ1) is 9.19. The van der Waals surface area contributed by atoms with Gasteiger partial charge in [-0.2, -0.15) is 0 Å². The van der Waals surface area contributed by atoms with Gasteiger partial charge in [-0.3, -0.25) is 0 Å². The van der Waals surface area contributed by atoms with E-state index in [9.17, 15) is 0 Å². The van der Waals surface area contributed by atoms with E-state index >= 15 is 0 Å². The second-order valence-corrected chi connectivity index (χ2v) is 5.87. The van der Waals surface area contributed by atoms with Crippen molar-refractivity contribution in [1.82, 2.24) is 0 Å². The summed E-state index contributed by atoms with van der Waals surface area (Å²) in [6.45, 7) is 0.679. The Hall–Kier alpha value is -1.32. The lowest BCUT2D eigenvalue weighted by atomic mass is 9.80. The monoisotopic (exact) mass is 317 g/mol. The minimum Gasteiger partial charge on any atom is -0.493 e. The number of para-hydroxylation sites is 1. The van der Waals surface area contributed by atoms with Crippen LogP contribution in [0.2, 0.25) is 0 Å². The zero-order chi connectivity index (χ0) is 13.3. The third-order valence-electron chi connectivity index (χ3n) is 3.69. The molecule has 1 aliphatic rings. The molecule has 0 fully saturated rings. The lowest BCUT2D eigenvalue weighted by Crippen LogP contribution is -2.43. The van der Waals surface area contributed by atoms with Crippen molar-refractivity contribution in [2.75, 3.05) is 6.61 Å². The Kier molecular flexibility index (Phi) is 3.33. The summed E-state index contributed by atoms with van der Waals surface area (Å²) in [6, 6.07) is 16.3. The van der Waals surface area contributed by atoms with Crippen molar-refractivity contribution in [3.05, 3.63) is 64.1 Å². The molecule has 3 heteroatoms. The summed E-state index contributed by atoms with van der Waals surface area (Å²) in [4.78, 5) is 0. The van der Waals surface area contributed by atoms with Gasteiger partial charge in [0.25, 0.3) is 0 Å². The van der Waals surface area contributed by atoms with Crippen LogP contribution in [0.15, 0.2) is 53.0 Å². The summed E-state index contributed by atoms with van der Waals surface area (Å²) < 4.78 is 6.81. The van der Waals surface area contributed by atoms with E-state index in [4.69, 9.17) is 10.5 Å². The molecule has 19 heavy (non-hydrogen) atoms. The van der Waals surface area contributed by atoms with Gasteiger partial charge in [0.2, 0.25) is 0 Å².